The SMILES string of the molecule is COc1cc(N2CCOC(C(N)=S)C2)ccn1. The maximum absolute atomic E-state index is 5.61. The molecule has 0 spiro atoms. The first-order valence-electron chi connectivity index (χ1n) is 5.36. The van der Waals surface area contributed by atoms with Crippen LogP contribution in [0.15, 0.2) is 18.3 Å². The van der Waals surface area contributed by atoms with Crippen molar-refractivity contribution in [1.82, 2.24) is 4.98 Å². The second-order valence-corrected chi connectivity index (χ2v) is 4.24. The minimum atomic E-state index is -0.182. The summed E-state index contributed by atoms with van der Waals surface area (Å²) in [6.45, 7) is 2.10. The summed E-state index contributed by atoms with van der Waals surface area (Å²) in [4.78, 5) is 6.64. The zero-order valence-corrected chi connectivity index (χ0v) is 10.4. The first-order valence-corrected chi connectivity index (χ1v) is 5.77. The molecule has 1 fully saturated rings. The molecule has 5 nitrogen and oxygen atoms in total. The summed E-state index contributed by atoms with van der Waals surface area (Å²) in [5, 5.41) is 0. The molecule has 1 aliphatic rings. The average molecular weight is 253 g/mol. The van der Waals surface area contributed by atoms with Crippen LogP contribution in [0.2, 0.25) is 0 Å². The fourth-order valence-electron chi connectivity index (χ4n) is 1.76. The summed E-state index contributed by atoms with van der Waals surface area (Å²) in [6, 6.07) is 3.83. The van der Waals surface area contributed by atoms with E-state index in [0.29, 0.717) is 24.0 Å². The van der Waals surface area contributed by atoms with Crippen molar-refractivity contribution in [3.8, 4) is 5.88 Å². The van der Waals surface area contributed by atoms with Crippen molar-refractivity contribution >= 4 is 22.9 Å². The van der Waals surface area contributed by atoms with Gasteiger partial charge in [-0.05, 0) is 6.07 Å². The van der Waals surface area contributed by atoms with E-state index in [2.05, 4.69) is 9.88 Å². The molecule has 0 radical (unpaired) electrons. The summed E-state index contributed by atoms with van der Waals surface area (Å²) in [7, 11) is 1.60. The van der Waals surface area contributed by atoms with E-state index in [1.54, 1.807) is 13.3 Å². The Morgan fingerprint density at radius 3 is 3.24 bits per heavy atom. The summed E-state index contributed by atoms with van der Waals surface area (Å²) >= 11 is 4.96. The highest BCUT2D eigenvalue weighted by atomic mass is 32.1. The number of thiocarbonyl (C=S) groups is 1. The summed E-state index contributed by atoms with van der Waals surface area (Å²) in [5.41, 5.74) is 6.65. The molecule has 1 saturated heterocycles. The lowest BCUT2D eigenvalue weighted by atomic mass is 10.2. The van der Waals surface area contributed by atoms with Crippen LogP contribution in [-0.2, 0) is 4.74 Å². The van der Waals surface area contributed by atoms with Crippen molar-refractivity contribution in [3.63, 3.8) is 0 Å². The Bertz CT molecular complexity index is 413. The highest BCUT2D eigenvalue weighted by Gasteiger charge is 2.22. The number of hydrogen-bond donors (Lipinski definition) is 1. The molecule has 92 valence electrons. The number of anilines is 1. The van der Waals surface area contributed by atoms with Crippen molar-refractivity contribution in [2.45, 2.75) is 6.10 Å². The van der Waals surface area contributed by atoms with E-state index in [9.17, 15) is 0 Å². The molecule has 6 heteroatoms. The number of pyridine rings is 1. The second kappa shape index (κ2) is 5.29. The lowest BCUT2D eigenvalue weighted by molar-refractivity contribution is 0.0847. The number of rotatable bonds is 3. The number of morpholine rings is 1. The van der Waals surface area contributed by atoms with E-state index in [0.717, 1.165) is 12.2 Å². The van der Waals surface area contributed by atoms with Gasteiger partial charge in [0.2, 0.25) is 5.88 Å². The van der Waals surface area contributed by atoms with Gasteiger partial charge in [-0.15, -0.1) is 0 Å². The quantitative estimate of drug-likeness (QED) is 0.795. The minimum absolute atomic E-state index is 0.182. The van der Waals surface area contributed by atoms with Gasteiger partial charge in [-0.25, -0.2) is 4.98 Å². The molecular weight excluding hydrogens is 238 g/mol. The standard InChI is InChI=1S/C11H15N3O2S/c1-15-10-6-8(2-3-13-10)14-4-5-16-9(7-14)11(12)17/h2-3,6,9H,4-5,7H2,1H3,(H2,12,17). The molecule has 1 unspecified atom stereocenters. The second-order valence-electron chi connectivity index (χ2n) is 3.76. The van der Waals surface area contributed by atoms with E-state index >= 15 is 0 Å². The molecule has 2 N–H and O–H groups in total. The van der Waals surface area contributed by atoms with Gasteiger partial charge in [0.05, 0.1) is 20.3 Å². The number of aromatic nitrogens is 1. The monoisotopic (exact) mass is 253 g/mol. The van der Waals surface area contributed by atoms with Crippen LogP contribution in [0.3, 0.4) is 0 Å². The molecule has 1 aromatic rings. The molecule has 2 heterocycles. The minimum Gasteiger partial charge on any atom is -0.481 e. The summed E-state index contributed by atoms with van der Waals surface area (Å²) < 4.78 is 10.6. The van der Waals surface area contributed by atoms with Crippen LogP contribution in [0.5, 0.6) is 5.88 Å². The van der Waals surface area contributed by atoms with Gasteiger partial charge in [0, 0.05) is 24.5 Å². The third kappa shape index (κ3) is 2.83. The highest BCUT2D eigenvalue weighted by Crippen LogP contribution is 2.20. The van der Waals surface area contributed by atoms with E-state index in [1.807, 2.05) is 12.1 Å². The Morgan fingerprint density at radius 1 is 1.71 bits per heavy atom. The summed E-state index contributed by atoms with van der Waals surface area (Å²) in [6.07, 6.45) is 1.54. The van der Waals surface area contributed by atoms with Gasteiger partial charge in [0.1, 0.15) is 11.1 Å². The molecule has 0 saturated carbocycles. The average Bonchev–Trinajstić information content (AvgIpc) is 2.39. The third-order valence-electron chi connectivity index (χ3n) is 2.68. The van der Waals surface area contributed by atoms with E-state index in [-0.39, 0.29) is 6.10 Å². The maximum atomic E-state index is 5.61. The van der Waals surface area contributed by atoms with Crippen molar-refractivity contribution in [2.75, 3.05) is 31.7 Å². The Morgan fingerprint density at radius 2 is 2.53 bits per heavy atom. The van der Waals surface area contributed by atoms with E-state index in [4.69, 9.17) is 27.4 Å². The predicted molar refractivity (Wildman–Crippen MR) is 69.5 cm³/mol. The van der Waals surface area contributed by atoms with Crippen LogP contribution >= 0.6 is 12.2 Å². The molecule has 1 aromatic heterocycles. The summed E-state index contributed by atoms with van der Waals surface area (Å²) in [5.74, 6) is 0.598. The molecule has 0 aliphatic carbocycles. The number of nitrogens with zero attached hydrogens (tertiary/aromatic N) is 2. The molecule has 0 aromatic carbocycles. The lowest BCUT2D eigenvalue weighted by Gasteiger charge is -2.33. The van der Waals surface area contributed by atoms with Crippen molar-refractivity contribution < 1.29 is 9.47 Å². The van der Waals surface area contributed by atoms with Crippen LogP contribution < -0.4 is 15.4 Å². The molecule has 1 atom stereocenters. The van der Waals surface area contributed by atoms with Gasteiger partial charge in [-0.1, -0.05) is 12.2 Å². The zero-order valence-electron chi connectivity index (χ0n) is 9.63. The van der Waals surface area contributed by atoms with E-state index < -0.39 is 0 Å². The van der Waals surface area contributed by atoms with Crippen molar-refractivity contribution in [2.24, 2.45) is 5.73 Å². The third-order valence-corrected chi connectivity index (χ3v) is 2.94. The normalized spacial score (nSPS) is 20.1. The zero-order chi connectivity index (χ0) is 12.3. The lowest BCUT2D eigenvalue weighted by Crippen LogP contribution is -2.47. The Kier molecular flexibility index (Phi) is 3.75. The van der Waals surface area contributed by atoms with Gasteiger partial charge in [0.25, 0.3) is 0 Å². The molecule has 17 heavy (non-hydrogen) atoms. The Labute approximate surface area is 106 Å². The Balaban J connectivity index is 2.13. The molecule has 0 amide bonds. The van der Waals surface area contributed by atoms with Crippen molar-refractivity contribution in [1.29, 1.82) is 0 Å². The number of methoxy groups -OCH3 is 1. The topological polar surface area (TPSA) is 60.6 Å². The van der Waals surface area contributed by atoms with Crippen LogP contribution in [0.4, 0.5) is 5.69 Å². The molecule has 1 aliphatic heterocycles. The molecule has 2 rings (SSSR count). The molecule has 0 bridgehead atoms. The number of hydrogen-bond acceptors (Lipinski definition) is 5. The smallest absolute Gasteiger partial charge is 0.214 e. The fraction of sp³-hybridized carbons (Fsp3) is 0.455. The van der Waals surface area contributed by atoms with Gasteiger partial charge < -0.3 is 20.1 Å². The fourth-order valence-corrected chi connectivity index (χ4v) is 1.91. The predicted octanol–water partition coefficient (Wildman–Crippen LogP) is 0.582. The van der Waals surface area contributed by atoms with Crippen LogP contribution in [-0.4, -0.2) is 42.9 Å². The van der Waals surface area contributed by atoms with Gasteiger partial charge in [0.15, 0.2) is 0 Å². The largest absolute Gasteiger partial charge is 0.481 e. The van der Waals surface area contributed by atoms with Crippen LogP contribution in [0.25, 0.3) is 0 Å². The molecular formula is C11H15N3O2S. The maximum Gasteiger partial charge on any atom is 0.214 e. The first kappa shape index (κ1) is 12.1. The highest BCUT2D eigenvalue weighted by molar-refractivity contribution is 7.80. The van der Waals surface area contributed by atoms with Gasteiger partial charge >= 0.3 is 0 Å². The van der Waals surface area contributed by atoms with Gasteiger partial charge in [-0.2, -0.15) is 0 Å². The van der Waals surface area contributed by atoms with E-state index in [1.165, 1.54) is 0 Å². The van der Waals surface area contributed by atoms with Gasteiger partial charge in [-0.3, -0.25) is 0 Å². The first-order chi connectivity index (χ1) is 8.20. The number of nitrogens with two attached hydrogens (primary N) is 1. The number of ether oxygens (including phenoxy) is 2. The van der Waals surface area contributed by atoms with Crippen molar-refractivity contribution in [3.05, 3.63) is 18.3 Å². The Hall–Kier alpha value is -1.40. The van der Waals surface area contributed by atoms with Crippen LogP contribution in [0, 0.1) is 0 Å². The van der Waals surface area contributed by atoms with Crippen LogP contribution in [0.1, 0.15) is 0 Å².